The van der Waals surface area contributed by atoms with E-state index in [1.54, 1.807) is 17.8 Å². The van der Waals surface area contributed by atoms with Gasteiger partial charge in [0, 0.05) is 10.1 Å². The van der Waals surface area contributed by atoms with Crippen LogP contribution < -0.4 is 5.73 Å². The molecule has 1 aromatic carbocycles. The number of benzene rings is 1. The molecule has 0 saturated heterocycles. The number of thioether (sulfide) groups is 1. The molecule has 1 aliphatic heterocycles. The van der Waals surface area contributed by atoms with Crippen LogP contribution in [0.25, 0.3) is 0 Å². The lowest BCUT2D eigenvalue weighted by molar-refractivity contribution is -0.137. The Bertz CT molecular complexity index is 389. The highest BCUT2D eigenvalue weighted by atomic mass is 32.2. The Morgan fingerprint density at radius 1 is 1.38 bits per heavy atom. The third-order valence-electron chi connectivity index (χ3n) is 2.62. The first-order chi connectivity index (χ1) is 7.50. The van der Waals surface area contributed by atoms with E-state index >= 15 is 0 Å². The van der Waals surface area contributed by atoms with Gasteiger partial charge in [-0.25, -0.2) is 0 Å². The highest BCUT2D eigenvalue weighted by Gasteiger charge is 2.32. The molecule has 1 aliphatic rings. The molecule has 16 heavy (non-hydrogen) atoms. The summed E-state index contributed by atoms with van der Waals surface area (Å²) in [7, 11) is 0. The molecule has 1 aromatic rings. The predicted octanol–water partition coefficient (Wildman–Crippen LogP) is 3.07. The Hall–Kier alpha value is -0.680. The standard InChI is InChI=1S/C11H12F3NS/c12-11(13,14)8-1-2-10-7(5-8)6-9(16-10)3-4-15/h1-2,5,9H,3-4,6,15H2. The maximum Gasteiger partial charge on any atom is 0.416 e. The lowest BCUT2D eigenvalue weighted by atomic mass is 10.1. The van der Waals surface area contributed by atoms with Gasteiger partial charge >= 0.3 is 6.18 Å². The number of fused-ring (bicyclic) bond motifs is 1. The van der Waals surface area contributed by atoms with Gasteiger partial charge in [-0.05, 0) is 43.1 Å². The van der Waals surface area contributed by atoms with Gasteiger partial charge in [-0.2, -0.15) is 13.2 Å². The van der Waals surface area contributed by atoms with Crippen molar-refractivity contribution in [2.45, 2.75) is 29.2 Å². The van der Waals surface area contributed by atoms with Gasteiger partial charge in [0.1, 0.15) is 0 Å². The van der Waals surface area contributed by atoms with Crippen molar-refractivity contribution in [1.82, 2.24) is 0 Å². The van der Waals surface area contributed by atoms with Crippen molar-refractivity contribution in [3.8, 4) is 0 Å². The summed E-state index contributed by atoms with van der Waals surface area (Å²) in [6.45, 7) is 0.581. The summed E-state index contributed by atoms with van der Waals surface area (Å²) >= 11 is 1.63. The van der Waals surface area contributed by atoms with E-state index in [0.717, 1.165) is 22.9 Å². The number of nitrogens with two attached hydrogens (primary N) is 1. The van der Waals surface area contributed by atoms with Crippen LogP contribution in [0.5, 0.6) is 0 Å². The van der Waals surface area contributed by atoms with Crippen LogP contribution >= 0.6 is 11.8 Å². The lowest BCUT2D eigenvalue weighted by Gasteiger charge is -2.07. The van der Waals surface area contributed by atoms with Gasteiger partial charge in [0.2, 0.25) is 0 Å². The van der Waals surface area contributed by atoms with E-state index in [-0.39, 0.29) is 0 Å². The van der Waals surface area contributed by atoms with Crippen molar-refractivity contribution in [1.29, 1.82) is 0 Å². The summed E-state index contributed by atoms with van der Waals surface area (Å²) in [5.41, 5.74) is 5.70. The lowest BCUT2D eigenvalue weighted by Crippen LogP contribution is -2.09. The fraction of sp³-hybridized carbons (Fsp3) is 0.455. The van der Waals surface area contributed by atoms with Gasteiger partial charge in [-0.15, -0.1) is 11.8 Å². The van der Waals surface area contributed by atoms with Gasteiger partial charge in [-0.1, -0.05) is 0 Å². The Morgan fingerprint density at radius 2 is 2.12 bits per heavy atom. The normalized spacial score (nSPS) is 19.9. The molecular formula is C11H12F3NS. The molecule has 5 heteroatoms. The number of hydrogen-bond acceptors (Lipinski definition) is 2. The van der Waals surface area contributed by atoms with Crippen LogP contribution in [0.3, 0.4) is 0 Å². The molecule has 0 aromatic heterocycles. The molecule has 0 amide bonds. The third-order valence-corrected chi connectivity index (χ3v) is 4.01. The van der Waals surface area contributed by atoms with Crippen LogP contribution in [0.15, 0.2) is 23.1 Å². The van der Waals surface area contributed by atoms with E-state index in [0.29, 0.717) is 18.2 Å². The molecule has 2 N–H and O–H groups in total. The minimum absolute atomic E-state index is 0.337. The van der Waals surface area contributed by atoms with Gasteiger partial charge in [0.15, 0.2) is 0 Å². The van der Waals surface area contributed by atoms with Crippen molar-refractivity contribution in [2.24, 2.45) is 5.73 Å². The van der Waals surface area contributed by atoms with Crippen LogP contribution in [0.2, 0.25) is 0 Å². The predicted molar refractivity (Wildman–Crippen MR) is 58.5 cm³/mol. The van der Waals surface area contributed by atoms with Gasteiger partial charge in [-0.3, -0.25) is 0 Å². The van der Waals surface area contributed by atoms with Crippen molar-refractivity contribution < 1.29 is 13.2 Å². The van der Waals surface area contributed by atoms with Crippen molar-refractivity contribution in [3.63, 3.8) is 0 Å². The molecule has 1 unspecified atom stereocenters. The molecule has 1 atom stereocenters. The topological polar surface area (TPSA) is 26.0 Å². The molecule has 0 fully saturated rings. The van der Waals surface area contributed by atoms with Crippen LogP contribution in [0.1, 0.15) is 17.5 Å². The molecule has 0 bridgehead atoms. The van der Waals surface area contributed by atoms with Gasteiger partial charge in [0.05, 0.1) is 5.56 Å². The number of rotatable bonds is 2. The van der Waals surface area contributed by atoms with Gasteiger partial charge in [0.25, 0.3) is 0 Å². The zero-order valence-electron chi connectivity index (χ0n) is 8.55. The number of hydrogen-bond donors (Lipinski definition) is 1. The van der Waals surface area contributed by atoms with Crippen LogP contribution in [0, 0.1) is 0 Å². The zero-order chi connectivity index (χ0) is 11.8. The second kappa shape index (κ2) is 4.30. The molecular weight excluding hydrogens is 235 g/mol. The molecule has 2 rings (SSSR count). The molecule has 0 saturated carbocycles. The summed E-state index contributed by atoms with van der Waals surface area (Å²) in [4.78, 5) is 0.964. The molecule has 88 valence electrons. The van der Waals surface area contributed by atoms with Crippen molar-refractivity contribution >= 4 is 11.8 Å². The van der Waals surface area contributed by atoms with Crippen molar-refractivity contribution in [2.75, 3.05) is 6.54 Å². The summed E-state index contributed by atoms with van der Waals surface area (Å²) in [5, 5.41) is 0.337. The van der Waals surface area contributed by atoms with Crippen molar-refractivity contribution in [3.05, 3.63) is 29.3 Å². The Balaban J connectivity index is 2.21. The molecule has 0 aliphatic carbocycles. The zero-order valence-corrected chi connectivity index (χ0v) is 9.37. The second-order valence-electron chi connectivity index (χ2n) is 3.84. The average molecular weight is 247 g/mol. The Kier molecular flexibility index (Phi) is 3.17. The maximum absolute atomic E-state index is 12.5. The second-order valence-corrected chi connectivity index (χ2v) is 5.18. The average Bonchev–Trinajstić information content (AvgIpc) is 2.57. The van der Waals surface area contributed by atoms with E-state index in [1.165, 1.54) is 6.07 Å². The first-order valence-electron chi connectivity index (χ1n) is 5.07. The largest absolute Gasteiger partial charge is 0.416 e. The minimum atomic E-state index is -4.24. The van der Waals surface area contributed by atoms with E-state index in [9.17, 15) is 13.2 Å². The smallest absolute Gasteiger partial charge is 0.330 e. The third kappa shape index (κ3) is 2.35. The summed E-state index contributed by atoms with van der Waals surface area (Å²) in [5.74, 6) is 0. The van der Waals surface area contributed by atoms with E-state index in [1.807, 2.05) is 0 Å². The SMILES string of the molecule is NCCC1Cc2cc(C(F)(F)F)ccc2S1. The quantitative estimate of drug-likeness (QED) is 0.869. The monoisotopic (exact) mass is 247 g/mol. The molecule has 0 spiro atoms. The summed E-state index contributed by atoms with van der Waals surface area (Å²) in [6, 6.07) is 3.98. The maximum atomic E-state index is 12.5. The van der Waals surface area contributed by atoms with E-state index in [4.69, 9.17) is 5.73 Å². The fourth-order valence-electron chi connectivity index (χ4n) is 1.84. The Labute approximate surface area is 96.2 Å². The van der Waals surface area contributed by atoms with E-state index in [2.05, 4.69) is 0 Å². The molecule has 0 radical (unpaired) electrons. The highest BCUT2D eigenvalue weighted by Crippen LogP contribution is 2.41. The Morgan fingerprint density at radius 3 is 2.75 bits per heavy atom. The molecule has 1 nitrogen and oxygen atoms in total. The minimum Gasteiger partial charge on any atom is -0.330 e. The highest BCUT2D eigenvalue weighted by molar-refractivity contribution is 8.00. The summed E-state index contributed by atoms with van der Waals surface area (Å²) < 4.78 is 37.4. The first-order valence-corrected chi connectivity index (χ1v) is 5.95. The van der Waals surface area contributed by atoms with Gasteiger partial charge < -0.3 is 5.73 Å². The van der Waals surface area contributed by atoms with Crippen LogP contribution in [-0.4, -0.2) is 11.8 Å². The van der Waals surface area contributed by atoms with E-state index < -0.39 is 11.7 Å². The first kappa shape index (κ1) is 11.8. The van der Waals surface area contributed by atoms with Crippen LogP contribution in [0.4, 0.5) is 13.2 Å². The number of alkyl halides is 3. The van der Waals surface area contributed by atoms with Crippen LogP contribution in [-0.2, 0) is 12.6 Å². The molecule has 1 heterocycles. The number of halogens is 3. The fourth-order valence-corrected chi connectivity index (χ4v) is 3.16. The summed E-state index contributed by atoms with van der Waals surface area (Å²) in [6.07, 6.45) is -2.70.